The summed E-state index contributed by atoms with van der Waals surface area (Å²) < 4.78 is 6.57. The van der Waals surface area contributed by atoms with Gasteiger partial charge in [-0.05, 0) is 48.7 Å². The first kappa shape index (κ1) is 16.1. The summed E-state index contributed by atoms with van der Waals surface area (Å²) >= 11 is 3.54. The second-order valence-electron chi connectivity index (χ2n) is 5.31. The number of hydrogen-bond acceptors (Lipinski definition) is 2. The molecule has 2 aromatic rings. The molecule has 0 aromatic heterocycles. The third-order valence-electron chi connectivity index (χ3n) is 3.82. The SMILES string of the molecule is CNC(c1ccccc1)C(C)Cc1cc(Br)ccc1OC. The summed E-state index contributed by atoms with van der Waals surface area (Å²) in [5.74, 6) is 1.41. The minimum absolute atomic E-state index is 0.329. The molecule has 0 spiro atoms. The van der Waals surface area contributed by atoms with E-state index in [2.05, 4.69) is 64.6 Å². The summed E-state index contributed by atoms with van der Waals surface area (Å²) in [6, 6.07) is 17.1. The summed E-state index contributed by atoms with van der Waals surface area (Å²) in [5, 5.41) is 3.44. The van der Waals surface area contributed by atoms with Gasteiger partial charge in [0.1, 0.15) is 5.75 Å². The summed E-state index contributed by atoms with van der Waals surface area (Å²) in [6.07, 6.45) is 0.961. The zero-order valence-electron chi connectivity index (χ0n) is 12.8. The van der Waals surface area contributed by atoms with Crippen LogP contribution in [0.5, 0.6) is 5.75 Å². The third-order valence-corrected chi connectivity index (χ3v) is 4.32. The van der Waals surface area contributed by atoms with E-state index < -0.39 is 0 Å². The fourth-order valence-corrected chi connectivity index (χ4v) is 3.22. The van der Waals surface area contributed by atoms with Gasteiger partial charge in [-0.2, -0.15) is 0 Å². The Hall–Kier alpha value is -1.32. The van der Waals surface area contributed by atoms with Crippen molar-refractivity contribution in [3.63, 3.8) is 0 Å². The quantitative estimate of drug-likeness (QED) is 0.824. The summed E-state index contributed by atoms with van der Waals surface area (Å²) in [6.45, 7) is 2.27. The second kappa shape index (κ2) is 7.62. The molecule has 0 aliphatic rings. The van der Waals surface area contributed by atoms with E-state index in [-0.39, 0.29) is 0 Å². The predicted octanol–water partition coefficient (Wildman–Crippen LogP) is 4.60. The lowest BCUT2D eigenvalue weighted by atomic mass is 9.89. The fraction of sp³-hybridized carbons (Fsp3) is 0.333. The molecular weight excluding hydrogens is 326 g/mol. The van der Waals surface area contributed by atoms with Crippen LogP contribution in [0.2, 0.25) is 0 Å². The molecule has 2 rings (SSSR count). The van der Waals surface area contributed by atoms with Gasteiger partial charge in [-0.25, -0.2) is 0 Å². The van der Waals surface area contributed by atoms with Crippen LogP contribution in [-0.4, -0.2) is 14.2 Å². The first-order chi connectivity index (χ1) is 10.2. The Bertz CT molecular complexity index is 571. The van der Waals surface area contributed by atoms with Crippen LogP contribution in [0.3, 0.4) is 0 Å². The highest BCUT2D eigenvalue weighted by atomic mass is 79.9. The Kier molecular flexibility index (Phi) is 5.83. The van der Waals surface area contributed by atoms with Crippen molar-refractivity contribution >= 4 is 15.9 Å². The van der Waals surface area contributed by atoms with Crippen LogP contribution >= 0.6 is 15.9 Å². The highest BCUT2D eigenvalue weighted by Crippen LogP contribution is 2.30. The molecule has 21 heavy (non-hydrogen) atoms. The van der Waals surface area contributed by atoms with E-state index in [1.807, 2.05) is 19.2 Å². The van der Waals surface area contributed by atoms with Crippen LogP contribution in [0.15, 0.2) is 53.0 Å². The highest BCUT2D eigenvalue weighted by molar-refractivity contribution is 9.10. The highest BCUT2D eigenvalue weighted by Gasteiger charge is 2.19. The molecule has 2 aromatic carbocycles. The molecule has 0 heterocycles. The number of methoxy groups -OCH3 is 1. The Labute approximate surface area is 135 Å². The van der Waals surface area contributed by atoms with Crippen molar-refractivity contribution in [1.82, 2.24) is 5.32 Å². The molecule has 2 unspecified atom stereocenters. The fourth-order valence-electron chi connectivity index (χ4n) is 2.81. The lowest BCUT2D eigenvalue weighted by Crippen LogP contribution is -2.25. The first-order valence-electron chi connectivity index (χ1n) is 7.20. The van der Waals surface area contributed by atoms with Crippen molar-refractivity contribution in [2.75, 3.05) is 14.2 Å². The van der Waals surface area contributed by atoms with E-state index in [0.29, 0.717) is 12.0 Å². The van der Waals surface area contributed by atoms with Crippen molar-refractivity contribution < 1.29 is 4.74 Å². The molecule has 0 aliphatic carbocycles. The topological polar surface area (TPSA) is 21.3 Å². The third kappa shape index (κ3) is 4.08. The molecule has 0 fully saturated rings. The molecule has 3 heteroatoms. The van der Waals surface area contributed by atoms with Crippen molar-refractivity contribution in [1.29, 1.82) is 0 Å². The van der Waals surface area contributed by atoms with Crippen LogP contribution < -0.4 is 10.1 Å². The summed E-state index contributed by atoms with van der Waals surface area (Å²) in [4.78, 5) is 0. The van der Waals surface area contributed by atoms with Crippen molar-refractivity contribution in [3.05, 3.63) is 64.1 Å². The Balaban J connectivity index is 2.20. The molecule has 112 valence electrons. The molecule has 2 atom stereocenters. The number of benzene rings is 2. The average molecular weight is 348 g/mol. The molecule has 0 aliphatic heterocycles. The summed E-state index contributed by atoms with van der Waals surface area (Å²) in [7, 11) is 3.75. The van der Waals surface area contributed by atoms with E-state index in [9.17, 15) is 0 Å². The van der Waals surface area contributed by atoms with Gasteiger partial charge in [0.2, 0.25) is 0 Å². The molecule has 0 saturated heterocycles. The number of rotatable bonds is 6. The number of hydrogen-bond donors (Lipinski definition) is 1. The molecule has 1 N–H and O–H groups in total. The van der Waals surface area contributed by atoms with Gasteiger partial charge in [0.05, 0.1) is 7.11 Å². The lowest BCUT2D eigenvalue weighted by Gasteiger charge is -2.25. The number of ether oxygens (including phenoxy) is 1. The zero-order chi connectivity index (χ0) is 15.2. The average Bonchev–Trinajstić information content (AvgIpc) is 2.49. The Morgan fingerprint density at radius 1 is 1.14 bits per heavy atom. The van der Waals surface area contributed by atoms with E-state index in [4.69, 9.17) is 4.74 Å². The maximum atomic E-state index is 5.48. The number of nitrogens with one attached hydrogen (secondary N) is 1. The Morgan fingerprint density at radius 3 is 2.48 bits per heavy atom. The van der Waals surface area contributed by atoms with Gasteiger partial charge in [-0.1, -0.05) is 53.2 Å². The second-order valence-corrected chi connectivity index (χ2v) is 6.23. The molecule has 0 bridgehead atoms. The van der Waals surface area contributed by atoms with Gasteiger partial charge < -0.3 is 10.1 Å². The minimum Gasteiger partial charge on any atom is -0.496 e. The van der Waals surface area contributed by atoms with E-state index in [1.165, 1.54) is 11.1 Å². The standard InChI is InChI=1S/C18H22BrNO/c1-13(18(20-2)14-7-5-4-6-8-14)11-15-12-16(19)9-10-17(15)21-3/h4-10,12-13,18,20H,11H2,1-3H3. The van der Waals surface area contributed by atoms with E-state index in [0.717, 1.165) is 16.6 Å². The molecule has 0 radical (unpaired) electrons. The van der Waals surface area contributed by atoms with Crippen LogP contribution in [0.4, 0.5) is 0 Å². The van der Waals surface area contributed by atoms with Crippen LogP contribution in [-0.2, 0) is 6.42 Å². The van der Waals surface area contributed by atoms with Gasteiger partial charge in [0.25, 0.3) is 0 Å². The largest absolute Gasteiger partial charge is 0.496 e. The summed E-state index contributed by atoms with van der Waals surface area (Å²) in [5.41, 5.74) is 2.55. The van der Waals surface area contributed by atoms with E-state index >= 15 is 0 Å². The maximum Gasteiger partial charge on any atom is 0.122 e. The molecule has 0 saturated carbocycles. The van der Waals surface area contributed by atoms with Crippen LogP contribution in [0.25, 0.3) is 0 Å². The maximum absolute atomic E-state index is 5.48. The van der Waals surface area contributed by atoms with Gasteiger partial charge in [0, 0.05) is 10.5 Å². The van der Waals surface area contributed by atoms with E-state index in [1.54, 1.807) is 7.11 Å². The monoisotopic (exact) mass is 347 g/mol. The molecule has 2 nitrogen and oxygen atoms in total. The molecule has 0 amide bonds. The first-order valence-corrected chi connectivity index (χ1v) is 7.99. The van der Waals surface area contributed by atoms with Crippen LogP contribution in [0, 0.1) is 5.92 Å². The van der Waals surface area contributed by atoms with Gasteiger partial charge >= 0.3 is 0 Å². The predicted molar refractivity (Wildman–Crippen MR) is 91.8 cm³/mol. The number of halogens is 1. The minimum atomic E-state index is 0.329. The smallest absolute Gasteiger partial charge is 0.122 e. The molecular formula is C18H22BrNO. The zero-order valence-corrected chi connectivity index (χ0v) is 14.4. The van der Waals surface area contributed by atoms with Gasteiger partial charge in [0.15, 0.2) is 0 Å². The van der Waals surface area contributed by atoms with Crippen molar-refractivity contribution in [2.45, 2.75) is 19.4 Å². The van der Waals surface area contributed by atoms with Crippen molar-refractivity contribution in [2.24, 2.45) is 5.92 Å². The van der Waals surface area contributed by atoms with Crippen molar-refractivity contribution in [3.8, 4) is 5.75 Å². The van der Waals surface area contributed by atoms with Gasteiger partial charge in [-0.3, -0.25) is 0 Å². The normalized spacial score (nSPS) is 13.7. The lowest BCUT2D eigenvalue weighted by molar-refractivity contribution is 0.384. The van der Waals surface area contributed by atoms with Gasteiger partial charge in [-0.15, -0.1) is 0 Å². The Morgan fingerprint density at radius 2 is 1.86 bits per heavy atom. The van der Waals surface area contributed by atoms with Crippen LogP contribution in [0.1, 0.15) is 24.1 Å².